The summed E-state index contributed by atoms with van der Waals surface area (Å²) in [6, 6.07) is 12.5. The number of allylic oxidation sites excluding steroid dienone is 1. The smallest absolute Gasteiger partial charge is 0.425 e. The van der Waals surface area contributed by atoms with Crippen molar-refractivity contribution < 1.29 is 37.0 Å². The highest BCUT2D eigenvalue weighted by atomic mass is 19.4. The molecule has 2 aliphatic rings. The maximum absolute atomic E-state index is 15.0. The Labute approximate surface area is 231 Å². The molecule has 1 aliphatic heterocycles. The molecule has 1 heterocycles. The molecule has 40 heavy (non-hydrogen) atoms. The molecule has 0 fully saturated rings. The molecular weight excluding hydrogens is 525 g/mol. The third-order valence-corrected chi connectivity index (χ3v) is 7.12. The number of nitrogens with zero attached hydrogens (tertiary/aromatic N) is 1. The van der Waals surface area contributed by atoms with E-state index in [9.17, 15) is 14.4 Å². The third kappa shape index (κ3) is 5.44. The number of ketones is 1. The van der Waals surface area contributed by atoms with Gasteiger partial charge in [0, 0.05) is 24.2 Å². The lowest BCUT2D eigenvalue weighted by Gasteiger charge is -2.35. The van der Waals surface area contributed by atoms with Crippen molar-refractivity contribution in [1.82, 2.24) is 10.2 Å². The van der Waals surface area contributed by atoms with E-state index >= 15 is 13.2 Å². The Balaban J connectivity index is 1.73. The van der Waals surface area contributed by atoms with Crippen molar-refractivity contribution in [3.63, 3.8) is 0 Å². The summed E-state index contributed by atoms with van der Waals surface area (Å²) in [7, 11) is 1.52. The minimum absolute atomic E-state index is 0.0121. The number of hydrogen-bond donors (Lipinski definition) is 1. The highest BCUT2D eigenvalue weighted by molar-refractivity contribution is 6.14. The summed E-state index contributed by atoms with van der Waals surface area (Å²) in [4.78, 5) is 41.4. The molecule has 0 bridgehead atoms. The van der Waals surface area contributed by atoms with Gasteiger partial charge in [-0.3, -0.25) is 14.4 Å². The maximum atomic E-state index is 15.0. The van der Waals surface area contributed by atoms with Crippen LogP contribution in [0.3, 0.4) is 0 Å². The molecule has 0 saturated heterocycles. The normalized spacial score (nSPS) is 20.6. The van der Waals surface area contributed by atoms with Gasteiger partial charge < -0.3 is 19.7 Å². The largest absolute Gasteiger partial charge is 0.497 e. The summed E-state index contributed by atoms with van der Waals surface area (Å²) in [6.45, 7) is 7.07. The highest BCUT2D eigenvalue weighted by Crippen LogP contribution is 2.51. The van der Waals surface area contributed by atoms with Gasteiger partial charge in [-0.2, -0.15) is 13.2 Å². The first-order valence-electron chi connectivity index (χ1n) is 13.1. The molecule has 0 radical (unpaired) electrons. The summed E-state index contributed by atoms with van der Waals surface area (Å²) in [6.07, 6.45) is -5.27. The molecule has 0 saturated carbocycles. The molecule has 1 N–H and O–H groups in total. The van der Waals surface area contributed by atoms with Crippen molar-refractivity contribution in [1.29, 1.82) is 0 Å². The van der Waals surface area contributed by atoms with Crippen molar-refractivity contribution >= 4 is 17.6 Å². The predicted octanol–water partition coefficient (Wildman–Crippen LogP) is 5.24. The third-order valence-electron chi connectivity index (χ3n) is 7.12. The molecule has 0 unspecified atom stereocenters. The molecule has 7 nitrogen and oxygen atoms in total. The molecule has 2 amide bonds. The van der Waals surface area contributed by atoms with E-state index in [0.717, 1.165) is 10.5 Å². The van der Waals surface area contributed by atoms with Gasteiger partial charge in [0.25, 0.3) is 11.8 Å². The van der Waals surface area contributed by atoms with Gasteiger partial charge in [0.2, 0.25) is 5.54 Å². The number of hydrogen-bond acceptors (Lipinski definition) is 5. The second kappa shape index (κ2) is 10.6. The predicted molar refractivity (Wildman–Crippen MR) is 142 cm³/mol. The Morgan fingerprint density at radius 1 is 1.00 bits per heavy atom. The number of methoxy groups -OCH3 is 1. The van der Waals surface area contributed by atoms with Gasteiger partial charge in [-0.05, 0) is 74.1 Å². The maximum Gasteiger partial charge on any atom is 0.425 e. The SMILES string of the molecule is COc1ccc(CCN2C(=O)[C@@](NC(=O)c3ccc(OC(C)C)cc3)(C(F)(F)F)C3=C2CC(C)(C)CC3=O)cc1. The number of carbonyl (C=O) groups is 3. The van der Waals surface area contributed by atoms with Crippen LogP contribution in [0.4, 0.5) is 13.2 Å². The fourth-order valence-electron chi connectivity index (χ4n) is 5.29. The van der Waals surface area contributed by atoms with Gasteiger partial charge in [0.05, 0.1) is 18.8 Å². The van der Waals surface area contributed by atoms with Crippen molar-refractivity contribution in [3.8, 4) is 11.5 Å². The monoisotopic (exact) mass is 558 g/mol. The second-order valence-corrected chi connectivity index (χ2v) is 11.2. The number of Topliss-reactive ketones (excluding diaryl/α,β-unsaturated/α-hetero) is 1. The molecule has 0 spiro atoms. The van der Waals surface area contributed by atoms with Gasteiger partial charge in [0.1, 0.15) is 11.5 Å². The van der Waals surface area contributed by atoms with Crippen LogP contribution in [0.1, 0.15) is 56.5 Å². The molecule has 2 aromatic carbocycles. The first kappa shape index (κ1) is 29.2. The van der Waals surface area contributed by atoms with Crippen LogP contribution in [0.25, 0.3) is 0 Å². The zero-order valence-electron chi connectivity index (χ0n) is 23.1. The second-order valence-electron chi connectivity index (χ2n) is 11.2. The number of nitrogens with one attached hydrogen (secondary N) is 1. The van der Waals surface area contributed by atoms with E-state index in [1.54, 1.807) is 38.1 Å². The van der Waals surface area contributed by atoms with Crippen LogP contribution in [-0.2, 0) is 16.0 Å². The first-order valence-corrected chi connectivity index (χ1v) is 13.1. The Morgan fingerprint density at radius 3 is 2.15 bits per heavy atom. The van der Waals surface area contributed by atoms with Crippen LogP contribution in [0.5, 0.6) is 11.5 Å². The standard InChI is InChI=1S/C30H33F3N2O5/c1-18(2)40-22-12-8-20(9-13-22)26(37)34-29(30(31,32)33)25-23(16-28(3,4)17-24(25)36)35(27(29)38)15-14-19-6-10-21(39-5)11-7-19/h6-13,18H,14-17H2,1-5H3,(H,34,37)/t29-/m1/s1. The minimum atomic E-state index is -5.27. The van der Waals surface area contributed by atoms with E-state index in [1.165, 1.54) is 31.4 Å². The van der Waals surface area contributed by atoms with Crippen molar-refractivity contribution in [3.05, 3.63) is 70.9 Å². The highest BCUT2D eigenvalue weighted by Gasteiger charge is 2.71. The fourth-order valence-corrected chi connectivity index (χ4v) is 5.29. The number of carbonyl (C=O) groups excluding carboxylic acids is 3. The number of benzene rings is 2. The van der Waals surface area contributed by atoms with Crippen LogP contribution in [0.2, 0.25) is 0 Å². The molecule has 10 heteroatoms. The van der Waals surface area contributed by atoms with Crippen LogP contribution >= 0.6 is 0 Å². The van der Waals surface area contributed by atoms with Crippen molar-refractivity contribution in [2.45, 2.75) is 64.8 Å². The van der Waals surface area contributed by atoms with E-state index in [1.807, 2.05) is 19.2 Å². The zero-order valence-corrected chi connectivity index (χ0v) is 23.1. The molecular formula is C30H33F3N2O5. The van der Waals surface area contributed by atoms with E-state index in [0.29, 0.717) is 11.5 Å². The lowest BCUT2D eigenvalue weighted by molar-refractivity contribution is -0.190. The molecule has 214 valence electrons. The quantitative estimate of drug-likeness (QED) is 0.479. The van der Waals surface area contributed by atoms with Gasteiger partial charge in [-0.15, -0.1) is 0 Å². The number of halogens is 3. The van der Waals surface area contributed by atoms with Crippen molar-refractivity contribution in [2.24, 2.45) is 5.41 Å². The molecule has 0 aromatic heterocycles. The van der Waals surface area contributed by atoms with E-state index in [4.69, 9.17) is 9.47 Å². The minimum Gasteiger partial charge on any atom is -0.497 e. The summed E-state index contributed by atoms with van der Waals surface area (Å²) < 4.78 is 55.8. The number of ether oxygens (including phenoxy) is 2. The average molecular weight is 559 g/mol. The fraction of sp³-hybridized carbons (Fsp3) is 0.433. The topological polar surface area (TPSA) is 84.9 Å². The van der Waals surface area contributed by atoms with E-state index in [2.05, 4.69) is 0 Å². The summed E-state index contributed by atoms with van der Waals surface area (Å²) >= 11 is 0. The van der Waals surface area contributed by atoms with Crippen LogP contribution < -0.4 is 14.8 Å². The molecule has 4 rings (SSSR count). The van der Waals surface area contributed by atoms with Gasteiger partial charge >= 0.3 is 6.18 Å². The Kier molecular flexibility index (Phi) is 7.75. The van der Waals surface area contributed by atoms with Gasteiger partial charge in [0.15, 0.2) is 5.78 Å². The number of rotatable bonds is 8. The summed E-state index contributed by atoms with van der Waals surface area (Å²) in [5.41, 5.74) is -4.15. The van der Waals surface area contributed by atoms with Crippen molar-refractivity contribution in [2.75, 3.05) is 13.7 Å². The molecule has 2 aromatic rings. The Hall–Kier alpha value is -3.82. The first-order chi connectivity index (χ1) is 18.7. The molecule has 1 atom stereocenters. The number of alkyl halides is 3. The van der Waals surface area contributed by atoms with Gasteiger partial charge in [-0.25, -0.2) is 0 Å². The Morgan fingerprint density at radius 2 is 1.60 bits per heavy atom. The zero-order chi connectivity index (χ0) is 29.5. The molecule has 1 aliphatic carbocycles. The van der Waals surface area contributed by atoms with Crippen LogP contribution in [0.15, 0.2) is 59.8 Å². The van der Waals surface area contributed by atoms with Crippen LogP contribution in [-0.4, -0.2) is 54.0 Å². The van der Waals surface area contributed by atoms with Gasteiger partial charge in [-0.1, -0.05) is 26.0 Å². The van der Waals surface area contributed by atoms with E-state index < -0.39 is 40.3 Å². The lowest BCUT2D eigenvalue weighted by Crippen LogP contribution is -2.66. The summed E-state index contributed by atoms with van der Waals surface area (Å²) in [5, 5.41) is 1.97. The summed E-state index contributed by atoms with van der Waals surface area (Å²) in [5.74, 6) is -2.24. The van der Waals surface area contributed by atoms with Crippen LogP contribution in [0, 0.1) is 5.41 Å². The lowest BCUT2D eigenvalue weighted by atomic mass is 9.72. The average Bonchev–Trinajstić information content (AvgIpc) is 3.10. The Bertz CT molecular complexity index is 1330. The number of amides is 2. The van der Waals surface area contributed by atoms with E-state index in [-0.39, 0.29) is 43.2 Å².